The summed E-state index contributed by atoms with van der Waals surface area (Å²) in [6.45, 7) is 9.98. The maximum atomic E-state index is 13.8. The van der Waals surface area contributed by atoms with Gasteiger partial charge in [-0.05, 0) is 17.5 Å². The molecule has 2 N–H and O–H groups in total. The fraction of sp³-hybridized carbons (Fsp3) is 0.600. The van der Waals surface area contributed by atoms with Crippen LogP contribution >= 0.6 is 40.7 Å². The van der Waals surface area contributed by atoms with E-state index in [1.807, 2.05) is 0 Å². The van der Waals surface area contributed by atoms with E-state index in [0.29, 0.717) is 5.56 Å². The van der Waals surface area contributed by atoms with Gasteiger partial charge in [0, 0.05) is 42.3 Å². The molecule has 1 aliphatic rings. The van der Waals surface area contributed by atoms with Crippen LogP contribution in [0, 0.1) is 11.2 Å². The summed E-state index contributed by atoms with van der Waals surface area (Å²) in [7, 11) is 0. The van der Waals surface area contributed by atoms with Crippen molar-refractivity contribution in [3.05, 3.63) is 28.0 Å². The third-order valence-corrected chi connectivity index (χ3v) is 4.42. The van der Waals surface area contributed by atoms with Gasteiger partial charge in [-0.1, -0.05) is 36.7 Å². The third-order valence-electron chi connectivity index (χ3n) is 3.73. The summed E-state index contributed by atoms with van der Waals surface area (Å²) in [5, 5.41) is 13.5. The van der Waals surface area contributed by atoms with Gasteiger partial charge in [-0.3, -0.25) is 4.90 Å². The van der Waals surface area contributed by atoms with E-state index >= 15 is 0 Å². The first-order valence-electron chi connectivity index (χ1n) is 6.94. The molecule has 1 aliphatic heterocycles. The predicted molar refractivity (Wildman–Crippen MR) is 96.9 cm³/mol. The molecule has 0 radical (unpaired) electrons. The molecule has 1 aromatic rings. The van der Waals surface area contributed by atoms with Crippen LogP contribution in [0.15, 0.2) is 16.6 Å². The molecule has 1 saturated heterocycles. The number of halogens is 4. The maximum Gasteiger partial charge on any atom is 0.165 e. The number of piperazine rings is 1. The largest absolute Gasteiger partial charge is 0.505 e. The van der Waals surface area contributed by atoms with Crippen molar-refractivity contribution in [2.75, 3.05) is 26.2 Å². The second kappa shape index (κ2) is 8.69. The molecule has 0 saturated carbocycles. The second-order valence-corrected chi connectivity index (χ2v) is 7.20. The highest BCUT2D eigenvalue weighted by molar-refractivity contribution is 9.10. The highest BCUT2D eigenvalue weighted by atomic mass is 79.9. The van der Waals surface area contributed by atoms with Gasteiger partial charge < -0.3 is 10.4 Å². The zero-order valence-corrected chi connectivity index (χ0v) is 16.2. The molecule has 0 aromatic heterocycles. The van der Waals surface area contributed by atoms with Crippen LogP contribution in [0.3, 0.4) is 0 Å². The third kappa shape index (κ3) is 4.71. The second-order valence-electron chi connectivity index (χ2n) is 6.35. The first-order chi connectivity index (χ1) is 9.32. The van der Waals surface area contributed by atoms with E-state index in [1.165, 1.54) is 6.07 Å². The van der Waals surface area contributed by atoms with Crippen LogP contribution in [0.1, 0.15) is 32.4 Å². The molecule has 0 aliphatic carbocycles. The van der Waals surface area contributed by atoms with Gasteiger partial charge in [0.25, 0.3) is 0 Å². The van der Waals surface area contributed by atoms with Crippen LogP contribution in [0.4, 0.5) is 4.39 Å². The van der Waals surface area contributed by atoms with Crippen LogP contribution in [0.5, 0.6) is 5.75 Å². The Bertz CT molecular complexity index is 491. The molecule has 1 fully saturated rings. The van der Waals surface area contributed by atoms with Crippen LogP contribution in [0.2, 0.25) is 0 Å². The van der Waals surface area contributed by atoms with Crippen molar-refractivity contribution in [1.29, 1.82) is 0 Å². The summed E-state index contributed by atoms with van der Waals surface area (Å²) >= 11 is 3.47. The predicted octanol–water partition coefficient (Wildman–Crippen LogP) is 4.13. The topological polar surface area (TPSA) is 35.5 Å². The molecule has 0 unspecified atom stereocenters. The Balaban J connectivity index is 0.00000220. The fourth-order valence-corrected chi connectivity index (χ4v) is 3.46. The first kappa shape index (κ1) is 21.9. The van der Waals surface area contributed by atoms with Crippen molar-refractivity contribution in [1.82, 2.24) is 10.2 Å². The molecule has 2 rings (SSSR count). The van der Waals surface area contributed by atoms with Crippen LogP contribution in [-0.4, -0.2) is 36.2 Å². The van der Waals surface area contributed by atoms with E-state index in [0.717, 1.165) is 30.7 Å². The molecule has 128 valence electrons. The molecule has 7 heteroatoms. The van der Waals surface area contributed by atoms with Gasteiger partial charge in [0.15, 0.2) is 11.6 Å². The monoisotopic (exact) mass is 416 g/mol. The van der Waals surface area contributed by atoms with E-state index in [9.17, 15) is 9.50 Å². The highest BCUT2D eigenvalue weighted by Gasteiger charge is 2.36. The van der Waals surface area contributed by atoms with Gasteiger partial charge >= 0.3 is 0 Å². The molecular weight excluding hydrogens is 394 g/mol. The number of nitrogens with one attached hydrogen (secondary N) is 1. The lowest BCUT2D eigenvalue weighted by Crippen LogP contribution is -2.48. The van der Waals surface area contributed by atoms with Gasteiger partial charge in [0.1, 0.15) is 0 Å². The Morgan fingerprint density at radius 1 is 1.23 bits per heavy atom. The zero-order chi connectivity index (χ0) is 14.9. The summed E-state index contributed by atoms with van der Waals surface area (Å²) in [5.41, 5.74) is 0.546. The van der Waals surface area contributed by atoms with Crippen molar-refractivity contribution < 1.29 is 9.50 Å². The minimum atomic E-state index is -0.562. The minimum Gasteiger partial charge on any atom is -0.505 e. The number of benzene rings is 1. The fourth-order valence-electron chi connectivity index (χ4n) is 2.92. The number of nitrogens with zero attached hydrogens (tertiary/aromatic N) is 1. The highest BCUT2D eigenvalue weighted by Crippen LogP contribution is 2.45. The number of hydrogen-bond acceptors (Lipinski definition) is 3. The van der Waals surface area contributed by atoms with Crippen molar-refractivity contribution in [3.8, 4) is 5.75 Å². The van der Waals surface area contributed by atoms with E-state index in [4.69, 9.17) is 0 Å². The average Bonchev–Trinajstić information content (AvgIpc) is 2.39. The van der Waals surface area contributed by atoms with Gasteiger partial charge in [0.05, 0.1) is 0 Å². The Morgan fingerprint density at radius 2 is 1.77 bits per heavy atom. The molecule has 1 aromatic carbocycles. The standard InChI is InChI=1S/C15H22BrFN2O.2ClH/c1-15(2,3)14(19-8-6-18-7-9-19)12-10(16)4-5-11(17)13(12)20;;/h4-5,14,18,20H,6-9H2,1-3H3;2*1H/t14-;;/m0../s1. The van der Waals surface area contributed by atoms with E-state index in [1.54, 1.807) is 6.07 Å². The van der Waals surface area contributed by atoms with Crippen molar-refractivity contribution in [3.63, 3.8) is 0 Å². The summed E-state index contributed by atoms with van der Waals surface area (Å²) in [4.78, 5) is 2.32. The van der Waals surface area contributed by atoms with Crippen molar-refractivity contribution in [2.45, 2.75) is 26.8 Å². The number of hydrogen-bond donors (Lipinski definition) is 2. The lowest BCUT2D eigenvalue weighted by molar-refractivity contribution is 0.0832. The molecule has 0 spiro atoms. The van der Waals surface area contributed by atoms with Gasteiger partial charge in [-0.15, -0.1) is 24.8 Å². The van der Waals surface area contributed by atoms with E-state index in [2.05, 4.69) is 46.9 Å². The Hall–Kier alpha value is -0.0700. The lowest BCUT2D eigenvalue weighted by Gasteiger charge is -2.43. The Morgan fingerprint density at radius 3 is 2.27 bits per heavy atom. The number of aromatic hydroxyl groups is 1. The Kier molecular flexibility index (Phi) is 8.66. The van der Waals surface area contributed by atoms with Crippen LogP contribution in [0.25, 0.3) is 0 Å². The first-order valence-corrected chi connectivity index (χ1v) is 7.73. The van der Waals surface area contributed by atoms with Crippen molar-refractivity contribution in [2.24, 2.45) is 5.41 Å². The molecule has 1 atom stereocenters. The molecule has 3 nitrogen and oxygen atoms in total. The van der Waals surface area contributed by atoms with Gasteiger partial charge in [0.2, 0.25) is 0 Å². The maximum absolute atomic E-state index is 13.8. The smallest absolute Gasteiger partial charge is 0.165 e. The SMILES string of the molecule is CC(C)(C)[C@H](c1c(Br)ccc(F)c1O)N1CCNCC1.Cl.Cl. The lowest BCUT2D eigenvalue weighted by atomic mass is 9.80. The quantitative estimate of drug-likeness (QED) is 0.759. The van der Waals surface area contributed by atoms with Crippen LogP contribution < -0.4 is 5.32 Å². The van der Waals surface area contributed by atoms with E-state index < -0.39 is 5.82 Å². The summed E-state index contributed by atoms with van der Waals surface area (Å²) in [5.74, 6) is -0.801. The normalized spacial score (nSPS) is 17.3. The van der Waals surface area contributed by atoms with Crippen LogP contribution in [-0.2, 0) is 0 Å². The van der Waals surface area contributed by atoms with Gasteiger partial charge in [-0.2, -0.15) is 0 Å². The van der Waals surface area contributed by atoms with E-state index in [-0.39, 0.29) is 42.0 Å². The Labute approximate surface area is 152 Å². The van der Waals surface area contributed by atoms with Crippen molar-refractivity contribution >= 4 is 40.7 Å². The molecule has 0 amide bonds. The molecule has 0 bridgehead atoms. The average molecular weight is 418 g/mol. The number of rotatable bonds is 2. The molecular formula is C15H24BrCl2FN2O. The number of phenols is 1. The minimum absolute atomic E-state index is 0. The zero-order valence-electron chi connectivity index (χ0n) is 13.0. The number of phenolic OH excluding ortho intramolecular Hbond substituents is 1. The van der Waals surface area contributed by atoms with Gasteiger partial charge in [-0.25, -0.2) is 4.39 Å². The summed E-state index contributed by atoms with van der Waals surface area (Å²) in [6.07, 6.45) is 0. The molecule has 22 heavy (non-hydrogen) atoms. The molecule has 1 heterocycles. The summed E-state index contributed by atoms with van der Waals surface area (Å²) in [6, 6.07) is 2.93. The summed E-state index contributed by atoms with van der Waals surface area (Å²) < 4.78 is 14.5.